The molecule has 4 nitrogen and oxygen atoms in total. The number of nitrogens with two attached hydrogens (primary N) is 1. The van der Waals surface area contributed by atoms with Crippen molar-refractivity contribution in [2.75, 3.05) is 14.1 Å². The van der Waals surface area contributed by atoms with Gasteiger partial charge in [-0.3, -0.25) is 9.69 Å². The van der Waals surface area contributed by atoms with Crippen molar-refractivity contribution in [3.05, 3.63) is 6.92 Å². The van der Waals surface area contributed by atoms with Gasteiger partial charge in [-0.1, -0.05) is 0 Å². The number of carbonyl (C=O) groups is 1. The van der Waals surface area contributed by atoms with Gasteiger partial charge in [-0.15, -0.1) is 0 Å². The van der Waals surface area contributed by atoms with E-state index in [-0.39, 0.29) is 6.42 Å². The van der Waals surface area contributed by atoms with Crippen molar-refractivity contribution in [3.63, 3.8) is 0 Å². The lowest BCUT2D eigenvalue weighted by atomic mass is 10.1. The molecule has 0 heterocycles. The fraction of sp³-hybridized carbons (Fsp3) is 0.667. The van der Waals surface area contributed by atoms with Crippen LogP contribution in [-0.4, -0.2) is 35.7 Å². The highest BCUT2D eigenvalue weighted by molar-refractivity contribution is 5.82. The standard InChI is InChI=1S/C6H13N2O2/c1-4-6(10,5(7)9)8(2)3/h10H,1,4H2,2-3H3,(H2,7,9). The molecule has 0 rings (SSSR count). The fourth-order valence-corrected chi connectivity index (χ4v) is 0.567. The number of rotatable bonds is 3. The molecule has 0 aliphatic carbocycles. The molecule has 0 saturated heterocycles. The number of hydrogen-bond donors (Lipinski definition) is 2. The Balaban J connectivity index is 4.38. The quantitative estimate of drug-likeness (QED) is 0.498. The maximum absolute atomic E-state index is 10.6. The predicted octanol–water partition coefficient (Wildman–Crippen LogP) is -1.05. The van der Waals surface area contributed by atoms with Crippen LogP contribution in [0.5, 0.6) is 0 Å². The molecule has 0 aromatic heterocycles. The van der Waals surface area contributed by atoms with Gasteiger partial charge in [0.2, 0.25) is 0 Å². The van der Waals surface area contributed by atoms with E-state index in [0.717, 1.165) is 0 Å². The first-order valence-electron chi connectivity index (χ1n) is 2.94. The zero-order chi connectivity index (χ0) is 8.36. The minimum atomic E-state index is -1.60. The molecule has 0 aliphatic heterocycles. The van der Waals surface area contributed by atoms with Gasteiger partial charge in [0.15, 0.2) is 5.72 Å². The molecule has 0 aromatic rings. The largest absolute Gasteiger partial charge is 0.367 e. The van der Waals surface area contributed by atoms with Crippen LogP contribution >= 0.6 is 0 Å². The lowest BCUT2D eigenvalue weighted by Gasteiger charge is -2.29. The van der Waals surface area contributed by atoms with Crippen LogP contribution in [0.1, 0.15) is 6.42 Å². The van der Waals surface area contributed by atoms with Gasteiger partial charge < -0.3 is 10.8 Å². The number of amides is 1. The van der Waals surface area contributed by atoms with E-state index in [4.69, 9.17) is 5.73 Å². The first-order valence-corrected chi connectivity index (χ1v) is 2.94. The first-order chi connectivity index (χ1) is 4.45. The van der Waals surface area contributed by atoms with Gasteiger partial charge in [0.25, 0.3) is 5.91 Å². The average Bonchev–Trinajstić information content (AvgIpc) is 1.85. The first kappa shape index (κ1) is 9.39. The number of likely N-dealkylation sites (N-methyl/N-ethyl adjacent to an activating group) is 1. The van der Waals surface area contributed by atoms with Gasteiger partial charge in [0.1, 0.15) is 0 Å². The second-order valence-electron chi connectivity index (χ2n) is 2.33. The molecule has 1 atom stereocenters. The summed E-state index contributed by atoms with van der Waals surface area (Å²) in [7, 11) is 3.13. The monoisotopic (exact) mass is 145 g/mol. The maximum atomic E-state index is 10.6. The van der Waals surface area contributed by atoms with E-state index in [1.807, 2.05) is 0 Å². The van der Waals surface area contributed by atoms with Gasteiger partial charge in [0.05, 0.1) is 0 Å². The van der Waals surface area contributed by atoms with E-state index in [2.05, 4.69) is 6.92 Å². The van der Waals surface area contributed by atoms with E-state index >= 15 is 0 Å². The highest BCUT2D eigenvalue weighted by atomic mass is 16.3. The second-order valence-corrected chi connectivity index (χ2v) is 2.33. The Kier molecular flexibility index (Phi) is 2.80. The van der Waals surface area contributed by atoms with E-state index in [1.54, 1.807) is 14.1 Å². The maximum Gasteiger partial charge on any atom is 0.264 e. The van der Waals surface area contributed by atoms with Crippen LogP contribution in [-0.2, 0) is 4.79 Å². The van der Waals surface area contributed by atoms with E-state index in [0.29, 0.717) is 0 Å². The van der Waals surface area contributed by atoms with Crippen molar-refractivity contribution in [3.8, 4) is 0 Å². The van der Waals surface area contributed by atoms with Crippen molar-refractivity contribution in [1.29, 1.82) is 0 Å². The molecule has 0 aromatic carbocycles. The van der Waals surface area contributed by atoms with E-state index in [1.165, 1.54) is 4.90 Å². The van der Waals surface area contributed by atoms with Crippen molar-refractivity contribution >= 4 is 5.91 Å². The fourth-order valence-electron chi connectivity index (χ4n) is 0.567. The SMILES string of the molecule is [CH2]CC(O)(C(N)=O)N(C)C. The van der Waals surface area contributed by atoms with Crippen LogP contribution in [0.15, 0.2) is 0 Å². The van der Waals surface area contributed by atoms with Crippen molar-refractivity contribution < 1.29 is 9.90 Å². The lowest BCUT2D eigenvalue weighted by molar-refractivity contribution is -0.153. The average molecular weight is 145 g/mol. The van der Waals surface area contributed by atoms with Gasteiger partial charge in [0, 0.05) is 0 Å². The number of aliphatic hydroxyl groups is 1. The third-order valence-corrected chi connectivity index (χ3v) is 1.48. The Morgan fingerprint density at radius 1 is 1.80 bits per heavy atom. The number of nitrogens with zero attached hydrogens (tertiary/aromatic N) is 1. The highest BCUT2D eigenvalue weighted by Crippen LogP contribution is 2.10. The third-order valence-electron chi connectivity index (χ3n) is 1.48. The molecule has 0 saturated carbocycles. The molecule has 3 N–H and O–H groups in total. The van der Waals surface area contributed by atoms with Gasteiger partial charge in [-0.25, -0.2) is 0 Å². The summed E-state index contributed by atoms with van der Waals surface area (Å²) < 4.78 is 0. The molecular weight excluding hydrogens is 132 g/mol. The number of hydrogen-bond acceptors (Lipinski definition) is 3. The smallest absolute Gasteiger partial charge is 0.264 e. The lowest BCUT2D eigenvalue weighted by Crippen LogP contribution is -2.54. The highest BCUT2D eigenvalue weighted by Gasteiger charge is 2.33. The Hall–Kier alpha value is -0.610. The Morgan fingerprint density at radius 3 is 2.20 bits per heavy atom. The predicted molar refractivity (Wildman–Crippen MR) is 37.8 cm³/mol. The molecule has 59 valence electrons. The number of carbonyl (C=O) groups excluding carboxylic acids is 1. The summed E-state index contributed by atoms with van der Waals surface area (Å²) in [4.78, 5) is 11.9. The Labute approximate surface area is 60.6 Å². The van der Waals surface area contributed by atoms with Crippen molar-refractivity contribution in [1.82, 2.24) is 4.90 Å². The van der Waals surface area contributed by atoms with Crippen LogP contribution in [0.25, 0.3) is 0 Å². The normalized spacial score (nSPS) is 16.9. The Bertz CT molecular complexity index is 136. The summed E-state index contributed by atoms with van der Waals surface area (Å²) in [6, 6.07) is 0. The summed E-state index contributed by atoms with van der Waals surface area (Å²) in [6.45, 7) is 3.41. The van der Waals surface area contributed by atoms with Crippen LogP contribution in [0.3, 0.4) is 0 Å². The second kappa shape index (κ2) is 2.98. The number of primary amides is 1. The van der Waals surface area contributed by atoms with E-state index in [9.17, 15) is 9.90 Å². The molecular formula is C6H13N2O2. The Morgan fingerprint density at radius 2 is 2.20 bits per heavy atom. The third kappa shape index (κ3) is 1.46. The zero-order valence-corrected chi connectivity index (χ0v) is 6.29. The van der Waals surface area contributed by atoms with Crippen LogP contribution in [0.2, 0.25) is 0 Å². The molecule has 1 unspecified atom stereocenters. The molecule has 4 heteroatoms. The molecule has 0 fully saturated rings. The molecule has 0 aliphatic rings. The molecule has 10 heavy (non-hydrogen) atoms. The summed E-state index contributed by atoms with van der Waals surface area (Å²) >= 11 is 0. The minimum absolute atomic E-state index is 0.0509. The van der Waals surface area contributed by atoms with Crippen LogP contribution < -0.4 is 5.73 Å². The van der Waals surface area contributed by atoms with Gasteiger partial charge in [-0.05, 0) is 27.4 Å². The van der Waals surface area contributed by atoms with Crippen molar-refractivity contribution in [2.24, 2.45) is 5.73 Å². The van der Waals surface area contributed by atoms with Crippen LogP contribution in [0, 0.1) is 6.92 Å². The van der Waals surface area contributed by atoms with Crippen molar-refractivity contribution in [2.45, 2.75) is 12.1 Å². The topological polar surface area (TPSA) is 66.6 Å². The molecule has 1 amide bonds. The molecule has 1 radical (unpaired) electrons. The van der Waals surface area contributed by atoms with E-state index < -0.39 is 11.6 Å². The van der Waals surface area contributed by atoms with Gasteiger partial charge >= 0.3 is 0 Å². The summed E-state index contributed by atoms with van der Waals surface area (Å²) in [5, 5.41) is 9.36. The summed E-state index contributed by atoms with van der Waals surface area (Å²) in [5.74, 6) is -0.771. The van der Waals surface area contributed by atoms with Gasteiger partial charge in [-0.2, -0.15) is 0 Å². The molecule has 0 bridgehead atoms. The minimum Gasteiger partial charge on any atom is -0.367 e. The summed E-state index contributed by atoms with van der Waals surface area (Å²) in [5.41, 5.74) is 3.31. The summed E-state index contributed by atoms with van der Waals surface area (Å²) in [6.07, 6.45) is 0.0509. The molecule has 0 spiro atoms. The van der Waals surface area contributed by atoms with Crippen LogP contribution in [0.4, 0.5) is 0 Å². The zero-order valence-electron chi connectivity index (χ0n) is 6.29.